The van der Waals surface area contributed by atoms with Crippen LogP contribution >= 0.6 is 0 Å². The van der Waals surface area contributed by atoms with Crippen molar-refractivity contribution in [2.75, 3.05) is 23.4 Å². The van der Waals surface area contributed by atoms with Crippen LogP contribution in [0.25, 0.3) is 0 Å². The molecule has 90 valence electrons. The van der Waals surface area contributed by atoms with E-state index in [-0.39, 0.29) is 5.91 Å². The van der Waals surface area contributed by atoms with Crippen molar-refractivity contribution >= 4 is 17.3 Å². The first-order valence-corrected chi connectivity index (χ1v) is 6.39. The number of hydrogen-bond donors (Lipinski definition) is 0. The van der Waals surface area contributed by atoms with Gasteiger partial charge in [0.1, 0.15) is 0 Å². The number of carbonyl (C=O) groups excluding carboxylic acids is 1. The first-order valence-electron chi connectivity index (χ1n) is 6.39. The third-order valence-corrected chi connectivity index (χ3v) is 3.88. The summed E-state index contributed by atoms with van der Waals surface area (Å²) in [5.41, 5.74) is 2.28. The van der Waals surface area contributed by atoms with Crippen LogP contribution in [0.15, 0.2) is 24.3 Å². The summed E-state index contributed by atoms with van der Waals surface area (Å²) in [5, 5.41) is 0. The Balaban J connectivity index is 2.02. The summed E-state index contributed by atoms with van der Waals surface area (Å²) in [6.45, 7) is 0.507. The first-order chi connectivity index (χ1) is 8.27. The molecule has 1 fully saturated rings. The van der Waals surface area contributed by atoms with E-state index in [0.29, 0.717) is 12.6 Å². The van der Waals surface area contributed by atoms with Gasteiger partial charge >= 0.3 is 0 Å². The van der Waals surface area contributed by atoms with Crippen molar-refractivity contribution in [2.45, 2.75) is 31.7 Å². The fourth-order valence-electron chi connectivity index (χ4n) is 3.05. The molecule has 0 bridgehead atoms. The average molecular weight is 230 g/mol. The second kappa shape index (κ2) is 4.06. The molecule has 1 aromatic rings. The second-order valence-corrected chi connectivity index (χ2v) is 5.05. The minimum Gasteiger partial charge on any atom is -0.364 e. The Morgan fingerprint density at radius 2 is 1.76 bits per heavy atom. The number of nitrogens with zero attached hydrogens (tertiary/aromatic N) is 2. The molecule has 17 heavy (non-hydrogen) atoms. The van der Waals surface area contributed by atoms with E-state index >= 15 is 0 Å². The third kappa shape index (κ3) is 1.70. The van der Waals surface area contributed by atoms with Crippen LogP contribution in [0.3, 0.4) is 0 Å². The van der Waals surface area contributed by atoms with Crippen molar-refractivity contribution in [3.63, 3.8) is 0 Å². The van der Waals surface area contributed by atoms with Gasteiger partial charge in [0, 0.05) is 13.1 Å². The van der Waals surface area contributed by atoms with E-state index < -0.39 is 0 Å². The van der Waals surface area contributed by atoms with Crippen LogP contribution in [-0.2, 0) is 4.79 Å². The Morgan fingerprint density at radius 3 is 2.47 bits per heavy atom. The standard InChI is InChI=1S/C14H18N2O/c1-15-10-14(17)16(11-6-2-3-7-11)13-9-5-4-8-12(13)15/h4-5,8-9,11H,2-3,6-7,10H2,1H3. The van der Waals surface area contributed by atoms with E-state index in [1.54, 1.807) is 0 Å². The summed E-state index contributed by atoms with van der Waals surface area (Å²) in [6, 6.07) is 8.66. The largest absolute Gasteiger partial charge is 0.364 e. The average Bonchev–Trinajstić information content (AvgIpc) is 2.83. The van der Waals surface area contributed by atoms with Crippen LogP contribution in [-0.4, -0.2) is 25.5 Å². The van der Waals surface area contributed by atoms with Gasteiger partial charge in [0.25, 0.3) is 0 Å². The number of rotatable bonds is 1. The fourth-order valence-corrected chi connectivity index (χ4v) is 3.05. The van der Waals surface area contributed by atoms with E-state index in [1.807, 2.05) is 29.0 Å². The number of para-hydroxylation sites is 2. The van der Waals surface area contributed by atoms with Crippen LogP contribution in [0.2, 0.25) is 0 Å². The maximum Gasteiger partial charge on any atom is 0.246 e. The minimum atomic E-state index is 0.248. The normalized spacial score (nSPS) is 20.9. The Hall–Kier alpha value is -1.51. The number of carbonyl (C=O) groups is 1. The Labute approximate surface area is 102 Å². The zero-order valence-corrected chi connectivity index (χ0v) is 10.2. The highest BCUT2D eigenvalue weighted by atomic mass is 16.2. The first kappa shape index (κ1) is 10.6. The maximum absolute atomic E-state index is 12.2. The third-order valence-electron chi connectivity index (χ3n) is 3.88. The molecule has 0 atom stereocenters. The molecule has 1 saturated carbocycles. The number of amides is 1. The number of hydrogen-bond acceptors (Lipinski definition) is 2. The van der Waals surface area contributed by atoms with E-state index in [2.05, 4.69) is 12.1 Å². The summed E-state index contributed by atoms with van der Waals surface area (Å²) in [6.07, 6.45) is 4.83. The molecule has 1 heterocycles. The quantitative estimate of drug-likeness (QED) is 0.739. The monoisotopic (exact) mass is 230 g/mol. The fraction of sp³-hybridized carbons (Fsp3) is 0.500. The molecule has 0 unspecified atom stereocenters. The molecule has 0 spiro atoms. The summed E-state index contributed by atoms with van der Waals surface area (Å²) < 4.78 is 0. The van der Waals surface area contributed by atoms with Crippen LogP contribution in [0.1, 0.15) is 25.7 Å². The number of likely N-dealkylation sites (N-methyl/N-ethyl adjacent to an activating group) is 1. The predicted octanol–water partition coefficient (Wildman–Crippen LogP) is 2.41. The maximum atomic E-state index is 12.2. The van der Waals surface area contributed by atoms with Gasteiger partial charge in [0.15, 0.2) is 0 Å². The van der Waals surface area contributed by atoms with E-state index in [4.69, 9.17) is 0 Å². The lowest BCUT2D eigenvalue weighted by atomic mass is 10.1. The SMILES string of the molecule is CN1CC(=O)N(C2CCCC2)c2ccccc21. The molecule has 0 N–H and O–H groups in total. The molecule has 3 rings (SSSR count). The molecule has 1 amide bonds. The molecule has 0 saturated heterocycles. The molecule has 1 aliphatic heterocycles. The van der Waals surface area contributed by atoms with Crippen molar-refractivity contribution in [3.8, 4) is 0 Å². The zero-order chi connectivity index (χ0) is 11.8. The van der Waals surface area contributed by atoms with Gasteiger partial charge in [-0.25, -0.2) is 0 Å². The molecule has 0 radical (unpaired) electrons. The number of anilines is 2. The van der Waals surface area contributed by atoms with Gasteiger partial charge in [-0.05, 0) is 25.0 Å². The highest BCUT2D eigenvalue weighted by Crippen LogP contribution is 2.37. The van der Waals surface area contributed by atoms with Crippen LogP contribution in [0, 0.1) is 0 Å². The Kier molecular flexibility index (Phi) is 2.54. The topological polar surface area (TPSA) is 23.6 Å². The molecule has 3 heteroatoms. The molecule has 1 aliphatic carbocycles. The van der Waals surface area contributed by atoms with Gasteiger partial charge in [-0.3, -0.25) is 4.79 Å². The number of fused-ring (bicyclic) bond motifs is 1. The van der Waals surface area contributed by atoms with Crippen molar-refractivity contribution < 1.29 is 4.79 Å². The molecular formula is C14H18N2O. The minimum absolute atomic E-state index is 0.248. The Bertz CT molecular complexity index is 438. The van der Waals surface area contributed by atoms with Crippen molar-refractivity contribution in [2.24, 2.45) is 0 Å². The summed E-state index contributed by atoms with van der Waals surface area (Å²) in [4.78, 5) is 16.3. The van der Waals surface area contributed by atoms with Gasteiger partial charge in [0.05, 0.1) is 17.9 Å². The smallest absolute Gasteiger partial charge is 0.246 e. The second-order valence-electron chi connectivity index (χ2n) is 5.05. The van der Waals surface area contributed by atoms with Gasteiger partial charge in [0.2, 0.25) is 5.91 Å². The van der Waals surface area contributed by atoms with Crippen LogP contribution < -0.4 is 9.80 Å². The molecule has 1 aromatic carbocycles. The van der Waals surface area contributed by atoms with Crippen molar-refractivity contribution in [1.82, 2.24) is 0 Å². The van der Waals surface area contributed by atoms with Crippen molar-refractivity contribution in [3.05, 3.63) is 24.3 Å². The van der Waals surface area contributed by atoms with Gasteiger partial charge in [-0.15, -0.1) is 0 Å². The number of benzene rings is 1. The van der Waals surface area contributed by atoms with E-state index in [0.717, 1.165) is 18.5 Å². The lowest BCUT2D eigenvalue weighted by Gasteiger charge is -2.38. The van der Waals surface area contributed by atoms with Crippen molar-refractivity contribution in [1.29, 1.82) is 0 Å². The summed E-state index contributed by atoms with van der Waals surface area (Å²) in [7, 11) is 1.99. The summed E-state index contributed by atoms with van der Waals surface area (Å²) in [5.74, 6) is 0.248. The van der Waals surface area contributed by atoms with Crippen LogP contribution in [0.5, 0.6) is 0 Å². The van der Waals surface area contributed by atoms with E-state index in [9.17, 15) is 4.79 Å². The Morgan fingerprint density at radius 1 is 1.12 bits per heavy atom. The summed E-state index contributed by atoms with van der Waals surface area (Å²) >= 11 is 0. The van der Waals surface area contributed by atoms with Gasteiger partial charge in [-0.2, -0.15) is 0 Å². The molecule has 2 aliphatic rings. The molecule has 3 nitrogen and oxygen atoms in total. The van der Waals surface area contributed by atoms with Gasteiger partial charge in [-0.1, -0.05) is 25.0 Å². The molecule has 0 aromatic heterocycles. The zero-order valence-electron chi connectivity index (χ0n) is 10.2. The van der Waals surface area contributed by atoms with E-state index in [1.165, 1.54) is 18.5 Å². The predicted molar refractivity (Wildman–Crippen MR) is 69.5 cm³/mol. The van der Waals surface area contributed by atoms with Gasteiger partial charge < -0.3 is 9.80 Å². The highest BCUT2D eigenvalue weighted by Gasteiger charge is 2.33. The lowest BCUT2D eigenvalue weighted by Crippen LogP contribution is -2.48. The van der Waals surface area contributed by atoms with Crippen LogP contribution in [0.4, 0.5) is 11.4 Å². The molecular weight excluding hydrogens is 212 g/mol. The highest BCUT2D eigenvalue weighted by molar-refractivity contribution is 6.03. The lowest BCUT2D eigenvalue weighted by molar-refractivity contribution is -0.118.